The second kappa shape index (κ2) is 7.92. The Morgan fingerprint density at radius 3 is 2.67 bits per heavy atom. The normalized spacial score (nSPS) is 14.0. The van der Waals surface area contributed by atoms with Crippen LogP contribution in [-0.2, 0) is 16.0 Å². The lowest BCUT2D eigenvalue weighted by atomic mass is 10.1. The minimum absolute atomic E-state index is 0.0150. The Hall–Kier alpha value is -2.41. The minimum Gasteiger partial charge on any atom is -0.350 e. The Morgan fingerprint density at radius 2 is 2.00 bits per heavy atom. The number of benzene rings is 1. The highest BCUT2D eigenvalue weighted by Crippen LogP contribution is 2.28. The Morgan fingerprint density at radius 1 is 1.25 bits per heavy atom. The average molecular weight is 332 g/mol. The highest BCUT2D eigenvalue weighted by molar-refractivity contribution is 6.00. The van der Waals surface area contributed by atoms with Crippen molar-refractivity contribution >= 4 is 23.4 Å². The maximum Gasteiger partial charge on any atom is 0.251 e. The van der Waals surface area contributed by atoms with Gasteiger partial charge in [-0.3, -0.25) is 14.4 Å². The zero-order valence-corrected chi connectivity index (χ0v) is 14.3. The molecule has 130 valence electrons. The van der Waals surface area contributed by atoms with E-state index in [1.54, 1.807) is 17.0 Å². The maximum absolute atomic E-state index is 12.2. The molecule has 0 aliphatic carbocycles. The van der Waals surface area contributed by atoms with E-state index in [-0.39, 0.29) is 30.3 Å². The molecule has 1 atom stereocenters. The fourth-order valence-corrected chi connectivity index (χ4v) is 2.55. The zero-order chi connectivity index (χ0) is 17.7. The van der Waals surface area contributed by atoms with Crippen LogP contribution in [0.1, 0.15) is 29.8 Å². The molecule has 0 bridgehead atoms. The van der Waals surface area contributed by atoms with Crippen molar-refractivity contribution in [2.24, 2.45) is 0 Å². The largest absolute Gasteiger partial charge is 0.350 e. The van der Waals surface area contributed by atoms with E-state index in [1.807, 2.05) is 20.0 Å². The quantitative estimate of drug-likeness (QED) is 0.686. The number of hydrogen-bond acceptors (Lipinski definition) is 4. The molecule has 2 rings (SSSR count). The predicted molar refractivity (Wildman–Crippen MR) is 92.0 cm³/mol. The van der Waals surface area contributed by atoms with Crippen LogP contribution in [0.25, 0.3) is 0 Å². The predicted octanol–water partition coefficient (Wildman–Crippen LogP) is 0.0495. The molecule has 0 fully saturated rings. The molecular weight excluding hydrogens is 308 g/mol. The molecule has 3 amide bonds. The number of nitrogens with zero attached hydrogens (tertiary/aromatic N) is 1. The molecule has 1 aromatic carbocycles. The summed E-state index contributed by atoms with van der Waals surface area (Å²) in [6, 6.07) is 5.55. The third kappa shape index (κ3) is 4.32. The summed E-state index contributed by atoms with van der Waals surface area (Å²) in [6.07, 6.45) is 0.704. The molecule has 7 nitrogen and oxygen atoms in total. The van der Waals surface area contributed by atoms with Crippen LogP contribution in [0.4, 0.5) is 5.69 Å². The Bertz CT molecular complexity index is 645. The molecule has 1 aliphatic heterocycles. The van der Waals surface area contributed by atoms with E-state index < -0.39 is 0 Å². The first-order valence-electron chi connectivity index (χ1n) is 8.05. The van der Waals surface area contributed by atoms with Gasteiger partial charge in [-0.05, 0) is 44.2 Å². The smallest absolute Gasteiger partial charge is 0.251 e. The van der Waals surface area contributed by atoms with E-state index in [1.165, 1.54) is 6.92 Å². The molecule has 1 aliphatic rings. The third-order valence-corrected chi connectivity index (χ3v) is 4.09. The van der Waals surface area contributed by atoms with Gasteiger partial charge in [0, 0.05) is 37.3 Å². The highest BCUT2D eigenvalue weighted by Gasteiger charge is 2.25. The van der Waals surface area contributed by atoms with E-state index >= 15 is 0 Å². The van der Waals surface area contributed by atoms with Crippen LogP contribution in [0.15, 0.2) is 18.2 Å². The van der Waals surface area contributed by atoms with Gasteiger partial charge < -0.3 is 20.9 Å². The van der Waals surface area contributed by atoms with Crippen LogP contribution >= 0.6 is 0 Å². The van der Waals surface area contributed by atoms with Crippen LogP contribution in [0.2, 0.25) is 0 Å². The maximum atomic E-state index is 12.2. The number of carbonyl (C=O) groups is 3. The second-order valence-corrected chi connectivity index (χ2v) is 5.95. The summed E-state index contributed by atoms with van der Waals surface area (Å²) in [7, 11) is 1.85. The van der Waals surface area contributed by atoms with Crippen molar-refractivity contribution in [3.63, 3.8) is 0 Å². The fourth-order valence-electron chi connectivity index (χ4n) is 2.55. The molecule has 0 spiro atoms. The number of fused-ring (bicyclic) bond motifs is 1. The van der Waals surface area contributed by atoms with Crippen molar-refractivity contribution in [2.45, 2.75) is 26.3 Å². The second-order valence-electron chi connectivity index (χ2n) is 5.95. The Balaban J connectivity index is 2.03. The van der Waals surface area contributed by atoms with Gasteiger partial charge >= 0.3 is 0 Å². The molecule has 1 heterocycles. The minimum atomic E-state index is -0.231. The van der Waals surface area contributed by atoms with Crippen LogP contribution in [0.3, 0.4) is 0 Å². The Kier molecular flexibility index (Phi) is 5.92. The molecule has 0 radical (unpaired) electrons. The fraction of sp³-hybridized carbons (Fsp3) is 0.471. The number of anilines is 1. The lowest BCUT2D eigenvalue weighted by Gasteiger charge is -2.17. The summed E-state index contributed by atoms with van der Waals surface area (Å²) < 4.78 is 0. The molecule has 0 saturated carbocycles. The lowest BCUT2D eigenvalue weighted by Crippen LogP contribution is -2.38. The summed E-state index contributed by atoms with van der Waals surface area (Å²) in [6.45, 7) is 4.47. The first-order chi connectivity index (χ1) is 11.4. The molecule has 0 saturated heterocycles. The average Bonchev–Trinajstić information content (AvgIpc) is 3.00. The summed E-state index contributed by atoms with van der Waals surface area (Å²) >= 11 is 0. The van der Waals surface area contributed by atoms with Crippen molar-refractivity contribution in [2.75, 3.05) is 31.6 Å². The monoisotopic (exact) mass is 332 g/mol. The third-order valence-electron chi connectivity index (χ3n) is 4.09. The van der Waals surface area contributed by atoms with E-state index in [4.69, 9.17) is 0 Å². The molecule has 0 aromatic heterocycles. The standard InChI is InChI=1S/C17H24N4O3/c1-11(18-3)9-20-17(24)14-4-5-15-13(8-14)6-7-21(15)16(23)10-19-12(2)22/h4-5,8,11,18H,6-7,9-10H2,1-3H3,(H,19,22)(H,20,24). The lowest BCUT2D eigenvalue weighted by molar-refractivity contribution is -0.123. The van der Waals surface area contributed by atoms with Crippen molar-refractivity contribution in [3.8, 4) is 0 Å². The molecule has 3 N–H and O–H groups in total. The number of amides is 3. The molecule has 1 unspecified atom stereocenters. The topological polar surface area (TPSA) is 90.5 Å². The number of likely N-dealkylation sites (N-methyl/N-ethyl adjacent to an activating group) is 1. The van der Waals surface area contributed by atoms with Crippen LogP contribution in [-0.4, -0.2) is 50.4 Å². The first-order valence-corrected chi connectivity index (χ1v) is 8.05. The number of carbonyl (C=O) groups excluding carboxylic acids is 3. The molecular formula is C17H24N4O3. The van der Waals surface area contributed by atoms with Crippen molar-refractivity contribution < 1.29 is 14.4 Å². The van der Waals surface area contributed by atoms with Crippen LogP contribution in [0.5, 0.6) is 0 Å². The van der Waals surface area contributed by atoms with Crippen LogP contribution in [0, 0.1) is 0 Å². The van der Waals surface area contributed by atoms with E-state index in [0.717, 1.165) is 11.3 Å². The van der Waals surface area contributed by atoms with E-state index in [9.17, 15) is 14.4 Å². The van der Waals surface area contributed by atoms with Gasteiger partial charge in [0.05, 0.1) is 6.54 Å². The van der Waals surface area contributed by atoms with Gasteiger partial charge in [0.25, 0.3) is 5.91 Å². The van der Waals surface area contributed by atoms with Gasteiger partial charge in [0.15, 0.2) is 0 Å². The van der Waals surface area contributed by atoms with Crippen molar-refractivity contribution in [1.29, 1.82) is 0 Å². The summed E-state index contributed by atoms with van der Waals surface area (Å²) in [5.74, 6) is -0.502. The van der Waals surface area contributed by atoms with Crippen LogP contribution < -0.4 is 20.9 Å². The highest BCUT2D eigenvalue weighted by atomic mass is 16.2. The SMILES string of the molecule is CNC(C)CNC(=O)c1ccc2c(c1)CCN2C(=O)CNC(C)=O. The number of rotatable bonds is 6. The summed E-state index contributed by atoms with van der Waals surface area (Å²) in [4.78, 5) is 36.9. The molecule has 7 heteroatoms. The van der Waals surface area contributed by atoms with Gasteiger partial charge in [0.1, 0.15) is 0 Å². The van der Waals surface area contributed by atoms with Gasteiger partial charge in [-0.25, -0.2) is 0 Å². The van der Waals surface area contributed by atoms with Gasteiger partial charge in [-0.1, -0.05) is 0 Å². The van der Waals surface area contributed by atoms with E-state index in [0.29, 0.717) is 25.1 Å². The summed E-state index contributed by atoms with van der Waals surface area (Å²) in [5, 5.41) is 8.46. The van der Waals surface area contributed by atoms with Gasteiger partial charge in [-0.15, -0.1) is 0 Å². The van der Waals surface area contributed by atoms with Gasteiger partial charge in [0.2, 0.25) is 11.8 Å². The van der Waals surface area contributed by atoms with Crippen molar-refractivity contribution in [1.82, 2.24) is 16.0 Å². The first kappa shape index (κ1) is 17.9. The number of hydrogen-bond donors (Lipinski definition) is 3. The summed E-state index contributed by atoms with van der Waals surface area (Å²) in [5.41, 5.74) is 2.37. The number of nitrogens with one attached hydrogen (secondary N) is 3. The Labute approximate surface area is 141 Å². The van der Waals surface area contributed by atoms with Gasteiger partial charge in [-0.2, -0.15) is 0 Å². The van der Waals surface area contributed by atoms with Crippen molar-refractivity contribution in [3.05, 3.63) is 29.3 Å². The molecule has 1 aromatic rings. The van der Waals surface area contributed by atoms with E-state index in [2.05, 4.69) is 16.0 Å². The molecule has 24 heavy (non-hydrogen) atoms. The zero-order valence-electron chi connectivity index (χ0n) is 14.3.